The zero-order valence-corrected chi connectivity index (χ0v) is 19.4. The van der Waals surface area contributed by atoms with Crippen LogP contribution in [-0.4, -0.2) is 36.2 Å². The number of methoxy groups -OCH3 is 1. The number of halogens is 1. The molecule has 0 bridgehead atoms. The number of ether oxygens (including phenoxy) is 2. The molecule has 1 heterocycles. The van der Waals surface area contributed by atoms with Crippen LogP contribution in [0.4, 0.5) is 5.69 Å². The number of anilines is 1. The largest absolute Gasteiger partial charge is 0.493 e. The number of carbonyl (C=O) groups is 2. The first-order chi connectivity index (χ1) is 14.4. The number of aryl methyl sites for hydroxylation is 1. The van der Waals surface area contributed by atoms with Gasteiger partial charge in [-0.15, -0.1) is 0 Å². The second kappa shape index (κ2) is 10.1. The molecule has 1 aliphatic heterocycles. The summed E-state index contributed by atoms with van der Waals surface area (Å²) in [6.45, 7) is 1.64. The summed E-state index contributed by atoms with van der Waals surface area (Å²) >= 11 is 3.44. The number of aliphatic carboxylic acids is 1. The fourth-order valence-corrected chi connectivity index (χ4v) is 4.57. The predicted molar refractivity (Wildman–Crippen MR) is 126 cm³/mol. The van der Waals surface area contributed by atoms with Gasteiger partial charge in [-0.1, -0.05) is 30.8 Å². The number of thioether (sulfide) groups is 1. The van der Waals surface area contributed by atoms with Gasteiger partial charge in [-0.3, -0.25) is 4.79 Å². The maximum Gasteiger partial charge on any atom is 0.341 e. The van der Waals surface area contributed by atoms with Crippen LogP contribution in [0.3, 0.4) is 0 Å². The normalized spacial score (nSPS) is 17.0. The Balaban J connectivity index is 1.74. The van der Waals surface area contributed by atoms with E-state index in [-0.39, 0.29) is 11.4 Å². The van der Waals surface area contributed by atoms with E-state index in [4.69, 9.17) is 14.6 Å². The van der Waals surface area contributed by atoms with E-state index in [1.807, 2.05) is 18.2 Å². The number of carbonyl (C=O) groups excluding carboxylic acids is 1. The van der Waals surface area contributed by atoms with E-state index in [0.717, 1.165) is 17.7 Å². The SMILES string of the molecule is CCc1ccc(N[C@@H]2NC(=O)/C(=C/c3cc(I)c(OCC(=O)O)c(OC)c3)S2)cc1. The van der Waals surface area contributed by atoms with Crippen LogP contribution in [0.15, 0.2) is 41.3 Å². The fourth-order valence-electron chi connectivity index (χ4n) is 2.80. The minimum absolute atomic E-state index is 0.164. The average Bonchev–Trinajstić information content (AvgIpc) is 3.05. The van der Waals surface area contributed by atoms with Gasteiger partial charge in [0.2, 0.25) is 0 Å². The van der Waals surface area contributed by atoms with E-state index in [1.165, 1.54) is 24.4 Å². The Kier molecular flexibility index (Phi) is 7.48. The van der Waals surface area contributed by atoms with Gasteiger partial charge in [0.25, 0.3) is 5.91 Å². The summed E-state index contributed by atoms with van der Waals surface area (Å²) in [4.78, 5) is 23.7. The first kappa shape index (κ1) is 22.3. The second-order valence-corrected chi connectivity index (χ2v) is 8.70. The summed E-state index contributed by atoms with van der Waals surface area (Å²) in [7, 11) is 1.48. The van der Waals surface area contributed by atoms with Gasteiger partial charge in [-0.25, -0.2) is 4.79 Å². The number of carboxylic acid groups (broad SMARTS) is 1. The average molecular weight is 540 g/mol. The zero-order chi connectivity index (χ0) is 21.7. The van der Waals surface area contributed by atoms with Crippen LogP contribution in [0.25, 0.3) is 6.08 Å². The quantitative estimate of drug-likeness (QED) is 0.345. The van der Waals surface area contributed by atoms with Gasteiger partial charge in [0, 0.05) is 5.69 Å². The molecule has 3 rings (SSSR count). The van der Waals surface area contributed by atoms with Gasteiger partial charge in [0.05, 0.1) is 15.6 Å². The summed E-state index contributed by atoms with van der Waals surface area (Å²) in [6.07, 6.45) is 2.75. The summed E-state index contributed by atoms with van der Waals surface area (Å²) in [6, 6.07) is 11.6. The van der Waals surface area contributed by atoms with E-state index < -0.39 is 12.6 Å². The molecule has 0 unspecified atom stereocenters. The van der Waals surface area contributed by atoms with E-state index in [2.05, 4.69) is 52.3 Å². The number of hydrogen-bond acceptors (Lipinski definition) is 6. The molecule has 1 atom stereocenters. The molecule has 1 amide bonds. The van der Waals surface area contributed by atoms with Crippen LogP contribution in [0.2, 0.25) is 0 Å². The first-order valence-corrected chi connectivity index (χ1v) is 11.1. The molecule has 1 fully saturated rings. The summed E-state index contributed by atoms with van der Waals surface area (Å²) in [5.74, 6) is -0.464. The summed E-state index contributed by atoms with van der Waals surface area (Å²) in [5.41, 5.74) is 2.67. The molecule has 158 valence electrons. The van der Waals surface area contributed by atoms with Crippen molar-refractivity contribution in [3.8, 4) is 11.5 Å². The summed E-state index contributed by atoms with van der Waals surface area (Å²) < 4.78 is 11.3. The highest BCUT2D eigenvalue weighted by Gasteiger charge is 2.27. The van der Waals surface area contributed by atoms with Crippen LogP contribution in [0.1, 0.15) is 18.1 Å². The molecule has 1 aliphatic rings. The van der Waals surface area contributed by atoms with Crippen molar-refractivity contribution in [2.24, 2.45) is 0 Å². The standard InChI is InChI=1S/C21H21IN2O5S/c1-3-12-4-6-14(7-5-12)23-21-24-20(27)17(30-21)10-13-8-15(22)19(16(9-13)28-2)29-11-18(25)26/h4-10,21,23H,3,11H2,1-2H3,(H,24,27)(H,25,26)/b17-10-/t21-/m1/s1. The maximum atomic E-state index is 12.4. The predicted octanol–water partition coefficient (Wildman–Crippen LogP) is 3.93. The molecular weight excluding hydrogens is 519 g/mol. The molecule has 9 heteroatoms. The molecule has 0 aromatic heterocycles. The minimum atomic E-state index is -1.07. The molecule has 2 aromatic rings. The third kappa shape index (κ3) is 5.60. The molecule has 3 N–H and O–H groups in total. The molecular formula is C21H21IN2O5S. The van der Waals surface area contributed by atoms with E-state index in [0.29, 0.717) is 20.0 Å². The van der Waals surface area contributed by atoms with Crippen molar-refractivity contribution in [2.45, 2.75) is 18.8 Å². The molecule has 0 aliphatic carbocycles. The Morgan fingerprint density at radius 3 is 2.70 bits per heavy atom. The van der Waals surface area contributed by atoms with Crippen LogP contribution in [0.5, 0.6) is 11.5 Å². The van der Waals surface area contributed by atoms with Gasteiger partial charge >= 0.3 is 5.97 Å². The highest BCUT2D eigenvalue weighted by molar-refractivity contribution is 14.1. The zero-order valence-electron chi connectivity index (χ0n) is 16.4. The molecule has 1 saturated heterocycles. The van der Waals surface area contributed by atoms with Crippen LogP contribution >= 0.6 is 34.4 Å². The lowest BCUT2D eigenvalue weighted by Crippen LogP contribution is -2.30. The van der Waals surface area contributed by atoms with Crippen molar-refractivity contribution in [3.63, 3.8) is 0 Å². The Bertz CT molecular complexity index is 978. The number of nitrogens with one attached hydrogen (secondary N) is 2. The first-order valence-electron chi connectivity index (χ1n) is 9.16. The molecule has 2 aromatic carbocycles. The Labute approximate surface area is 192 Å². The van der Waals surface area contributed by atoms with Gasteiger partial charge in [-0.2, -0.15) is 0 Å². The number of carboxylic acids is 1. The van der Waals surface area contributed by atoms with Crippen molar-refractivity contribution in [3.05, 3.63) is 56.0 Å². The number of rotatable bonds is 8. The topological polar surface area (TPSA) is 96.9 Å². The van der Waals surface area contributed by atoms with Crippen molar-refractivity contribution < 1.29 is 24.2 Å². The summed E-state index contributed by atoms with van der Waals surface area (Å²) in [5, 5.41) is 15.0. The van der Waals surface area contributed by atoms with Crippen LogP contribution in [-0.2, 0) is 16.0 Å². The maximum absolute atomic E-state index is 12.4. The monoisotopic (exact) mass is 540 g/mol. The smallest absolute Gasteiger partial charge is 0.341 e. The number of hydrogen-bond donors (Lipinski definition) is 3. The van der Waals surface area contributed by atoms with E-state index >= 15 is 0 Å². The highest BCUT2D eigenvalue weighted by Crippen LogP contribution is 2.36. The van der Waals surface area contributed by atoms with Crippen molar-refractivity contribution in [1.29, 1.82) is 0 Å². The third-order valence-electron chi connectivity index (χ3n) is 4.28. The van der Waals surface area contributed by atoms with Crippen molar-refractivity contribution >= 4 is 58.0 Å². The lowest BCUT2D eigenvalue weighted by Gasteiger charge is -2.13. The molecule has 0 saturated carbocycles. The van der Waals surface area contributed by atoms with Crippen LogP contribution < -0.4 is 20.1 Å². The van der Waals surface area contributed by atoms with Crippen molar-refractivity contribution in [1.82, 2.24) is 5.32 Å². The highest BCUT2D eigenvalue weighted by atomic mass is 127. The Morgan fingerprint density at radius 1 is 1.33 bits per heavy atom. The molecule has 30 heavy (non-hydrogen) atoms. The third-order valence-corrected chi connectivity index (χ3v) is 6.11. The Hall–Kier alpha value is -2.40. The van der Waals surface area contributed by atoms with Gasteiger partial charge in [0.1, 0.15) is 0 Å². The van der Waals surface area contributed by atoms with Crippen molar-refractivity contribution in [2.75, 3.05) is 19.0 Å². The second-order valence-electron chi connectivity index (χ2n) is 6.39. The molecule has 7 nitrogen and oxygen atoms in total. The molecule has 0 spiro atoms. The lowest BCUT2D eigenvalue weighted by atomic mass is 10.1. The Morgan fingerprint density at radius 2 is 2.07 bits per heavy atom. The van der Waals surface area contributed by atoms with Gasteiger partial charge in [-0.05, 0) is 70.5 Å². The lowest BCUT2D eigenvalue weighted by molar-refractivity contribution is -0.139. The van der Waals surface area contributed by atoms with Gasteiger partial charge < -0.3 is 25.2 Å². The van der Waals surface area contributed by atoms with E-state index in [1.54, 1.807) is 12.1 Å². The van der Waals surface area contributed by atoms with Crippen LogP contribution in [0, 0.1) is 3.57 Å². The number of benzene rings is 2. The minimum Gasteiger partial charge on any atom is -0.493 e. The fraction of sp³-hybridized carbons (Fsp3) is 0.238. The number of amides is 1. The van der Waals surface area contributed by atoms with E-state index in [9.17, 15) is 9.59 Å². The van der Waals surface area contributed by atoms with Gasteiger partial charge in [0.15, 0.2) is 23.6 Å². The molecule has 0 radical (unpaired) electrons.